The Morgan fingerprint density at radius 3 is 0.846 bits per heavy atom. The number of rotatable bonds is 69. The lowest BCUT2D eigenvalue weighted by Crippen LogP contribution is -2.29. The van der Waals surface area contributed by atoms with Gasteiger partial charge in [-0.05, 0) is 116 Å². The van der Waals surface area contributed by atoms with E-state index < -0.39 is 26.5 Å². The average Bonchev–Trinajstić information content (AvgIpc) is 3.74. The number of carbonyl (C=O) groups is 2. The van der Waals surface area contributed by atoms with Crippen molar-refractivity contribution in [3.8, 4) is 0 Å². The van der Waals surface area contributed by atoms with E-state index in [4.69, 9.17) is 24.3 Å². The maximum absolute atomic E-state index is 12.8. The van der Waals surface area contributed by atoms with Gasteiger partial charge in [-0.15, -0.1) is 0 Å². The van der Waals surface area contributed by atoms with Gasteiger partial charge in [0.25, 0.3) is 0 Å². The van der Waals surface area contributed by atoms with Crippen LogP contribution < -0.4 is 5.73 Å². The fourth-order valence-corrected chi connectivity index (χ4v) is 11.1. The molecule has 0 rings (SSSR count). The Balaban J connectivity index is 3.86. The van der Waals surface area contributed by atoms with E-state index in [1.165, 1.54) is 173 Å². The second-order valence-electron chi connectivity index (χ2n) is 24.4. The summed E-state index contributed by atoms with van der Waals surface area (Å²) in [6, 6.07) is 0. The molecule has 520 valence electrons. The number of unbranched alkanes of at least 4 members (excludes halogenated alkanes) is 32. The molecule has 10 heteroatoms. The first-order valence-corrected chi connectivity index (χ1v) is 38.8. The molecule has 0 aromatic heterocycles. The fourth-order valence-electron chi connectivity index (χ4n) is 10.3. The Hall–Kier alpha value is -4.11. The first-order chi connectivity index (χ1) is 44.8. The van der Waals surface area contributed by atoms with Crippen LogP contribution >= 0.6 is 7.82 Å². The number of ether oxygens (including phenoxy) is 2. The molecule has 0 saturated heterocycles. The molecule has 0 fully saturated rings. The summed E-state index contributed by atoms with van der Waals surface area (Å²) in [5.41, 5.74) is 5.41. The highest BCUT2D eigenvalue weighted by Crippen LogP contribution is 2.43. The molecule has 0 amide bonds. The van der Waals surface area contributed by atoms with Crippen LogP contribution in [0.2, 0.25) is 0 Å². The van der Waals surface area contributed by atoms with E-state index in [-0.39, 0.29) is 38.6 Å². The maximum Gasteiger partial charge on any atom is 0.472 e. The Morgan fingerprint density at radius 1 is 0.330 bits per heavy atom. The molecule has 0 aliphatic heterocycles. The minimum atomic E-state index is -4.40. The van der Waals surface area contributed by atoms with Crippen molar-refractivity contribution in [3.05, 3.63) is 146 Å². The van der Waals surface area contributed by atoms with Crippen molar-refractivity contribution >= 4 is 19.8 Å². The van der Waals surface area contributed by atoms with Crippen LogP contribution in [-0.4, -0.2) is 49.3 Å². The van der Waals surface area contributed by atoms with E-state index in [9.17, 15) is 19.0 Å². The van der Waals surface area contributed by atoms with Crippen molar-refractivity contribution in [2.75, 3.05) is 26.4 Å². The molecule has 9 nitrogen and oxygen atoms in total. The van der Waals surface area contributed by atoms with Crippen LogP contribution in [0.25, 0.3) is 0 Å². The smallest absolute Gasteiger partial charge is 0.462 e. The predicted molar refractivity (Wildman–Crippen MR) is 394 cm³/mol. The van der Waals surface area contributed by atoms with Crippen molar-refractivity contribution < 1.29 is 37.6 Å². The van der Waals surface area contributed by atoms with Gasteiger partial charge in [0.05, 0.1) is 13.2 Å². The van der Waals surface area contributed by atoms with Crippen LogP contribution in [0.4, 0.5) is 0 Å². The number of phosphoric acid groups is 1. The van der Waals surface area contributed by atoms with Crippen molar-refractivity contribution in [3.63, 3.8) is 0 Å². The molecule has 0 aliphatic carbocycles. The summed E-state index contributed by atoms with van der Waals surface area (Å²) in [7, 11) is -4.40. The molecule has 0 aliphatic rings. The van der Waals surface area contributed by atoms with Gasteiger partial charge in [-0.3, -0.25) is 18.6 Å². The average molecular weight is 1280 g/mol. The van der Waals surface area contributed by atoms with Gasteiger partial charge in [-0.1, -0.05) is 339 Å². The van der Waals surface area contributed by atoms with Crippen molar-refractivity contribution in [2.45, 2.75) is 328 Å². The highest BCUT2D eigenvalue weighted by molar-refractivity contribution is 7.47. The first kappa shape index (κ1) is 86.9. The third-order valence-electron chi connectivity index (χ3n) is 15.7. The van der Waals surface area contributed by atoms with Gasteiger partial charge in [0, 0.05) is 19.4 Å². The molecule has 0 aromatic carbocycles. The molecular weight excluding hydrogens is 1150 g/mol. The summed E-state index contributed by atoms with van der Waals surface area (Å²) >= 11 is 0. The zero-order valence-electron chi connectivity index (χ0n) is 58.5. The van der Waals surface area contributed by atoms with Gasteiger partial charge < -0.3 is 20.1 Å². The van der Waals surface area contributed by atoms with Crippen molar-refractivity contribution in [1.29, 1.82) is 0 Å². The van der Waals surface area contributed by atoms with E-state index in [0.717, 1.165) is 116 Å². The summed E-state index contributed by atoms with van der Waals surface area (Å²) in [5, 5.41) is 0. The standard InChI is InChI=1S/C81H138NO8P/c1-3-5-7-9-11-13-15-17-19-21-23-25-27-29-31-33-35-37-38-39-40-42-44-46-48-50-52-54-56-58-60-62-64-66-68-70-72-74-81(84)90-79(78-89-91(85,86)88-76-75-82)77-87-80(83)73-71-69-67-65-63-61-59-57-55-53-51-49-47-45-43-41-36-34-32-30-28-26-24-22-20-18-16-14-12-10-8-6-4-2/h5-8,11-14,17-20,23-26,29-32,35-37,41,79H,3-4,9-10,15-16,21-22,27-28,33-34,38-40,42-78,82H2,1-2H3,(H,85,86)/b7-5-,8-6-,13-11-,14-12-,19-17-,20-18-,25-23-,26-24-,31-29-,32-30-,37-35-,41-36-. The minimum Gasteiger partial charge on any atom is -0.462 e. The zero-order valence-corrected chi connectivity index (χ0v) is 59.4. The zero-order chi connectivity index (χ0) is 65.8. The van der Waals surface area contributed by atoms with Crippen LogP contribution in [-0.2, 0) is 32.7 Å². The molecule has 91 heavy (non-hydrogen) atoms. The minimum absolute atomic E-state index is 0.0494. The summed E-state index contributed by atoms with van der Waals surface area (Å²) in [5.74, 6) is -0.823. The quantitative estimate of drug-likeness (QED) is 0.0264. The number of nitrogens with two attached hydrogens (primary N) is 1. The molecule has 0 heterocycles. The Morgan fingerprint density at radius 2 is 0.571 bits per heavy atom. The fraction of sp³-hybridized carbons (Fsp3) is 0.679. The highest BCUT2D eigenvalue weighted by Gasteiger charge is 2.26. The lowest BCUT2D eigenvalue weighted by atomic mass is 10.0. The number of phosphoric ester groups is 1. The lowest BCUT2D eigenvalue weighted by Gasteiger charge is -2.19. The number of carbonyl (C=O) groups excluding carboxylic acids is 2. The topological polar surface area (TPSA) is 134 Å². The van der Waals surface area contributed by atoms with Gasteiger partial charge in [-0.25, -0.2) is 4.57 Å². The Bertz CT molecular complexity index is 2010. The summed E-state index contributed by atoms with van der Waals surface area (Å²) in [6.07, 6.45) is 108. The first-order valence-electron chi connectivity index (χ1n) is 37.3. The van der Waals surface area contributed by atoms with Gasteiger partial charge in [-0.2, -0.15) is 0 Å². The highest BCUT2D eigenvalue weighted by atomic mass is 31.2. The Kier molecular flexibility index (Phi) is 71.5. The third-order valence-corrected chi connectivity index (χ3v) is 16.7. The van der Waals surface area contributed by atoms with Gasteiger partial charge in [0.15, 0.2) is 6.10 Å². The van der Waals surface area contributed by atoms with Crippen LogP contribution in [0.15, 0.2) is 146 Å². The lowest BCUT2D eigenvalue weighted by molar-refractivity contribution is -0.161. The van der Waals surface area contributed by atoms with Crippen LogP contribution in [0, 0.1) is 0 Å². The predicted octanol–water partition coefficient (Wildman–Crippen LogP) is 25.0. The molecule has 0 spiro atoms. The van der Waals surface area contributed by atoms with Crippen molar-refractivity contribution in [2.24, 2.45) is 5.73 Å². The second-order valence-corrected chi connectivity index (χ2v) is 25.9. The summed E-state index contributed by atoms with van der Waals surface area (Å²) in [6.45, 7) is 3.54. The van der Waals surface area contributed by atoms with Crippen LogP contribution in [0.1, 0.15) is 322 Å². The van der Waals surface area contributed by atoms with Crippen molar-refractivity contribution in [1.82, 2.24) is 0 Å². The van der Waals surface area contributed by atoms with Crippen LogP contribution in [0.5, 0.6) is 0 Å². The van der Waals surface area contributed by atoms with Gasteiger partial charge in [0.1, 0.15) is 6.61 Å². The van der Waals surface area contributed by atoms with Gasteiger partial charge in [0.2, 0.25) is 0 Å². The van der Waals surface area contributed by atoms with E-state index in [0.29, 0.717) is 6.42 Å². The molecule has 0 bridgehead atoms. The number of hydrogen-bond donors (Lipinski definition) is 2. The molecular formula is C81H138NO8P. The van der Waals surface area contributed by atoms with E-state index in [1.807, 2.05) is 0 Å². The molecule has 0 saturated carbocycles. The molecule has 2 unspecified atom stereocenters. The van der Waals surface area contributed by atoms with E-state index >= 15 is 0 Å². The molecule has 0 aromatic rings. The monoisotopic (exact) mass is 1280 g/mol. The second kappa shape index (κ2) is 74.9. The Labute approximate surface area is 560 Å². The molecule has 3 N–H and O–H groups in total. The molecule has 2 atom stereocenters. The number of allylic oxidation sites excluding steroid dienone is 24. The normalized spacial score (nSPS) is 13.8. The van der Waals surface area contributed by atoms with Gasteiger partial charge >= 0.3 is 19.8 Å². The summed E-state index contributed by atoms with van der Waals surface area (Å²) < 4.78 is 33.2. The summed E-state index contributed by atoms with van der Waals surface area (Å²) in [4.78, 5) is 35.4. The van der Waals surface area contributed by atoms with E-state index in [2.05, 4.69) is 160 Å². The SMILES string of the molecule is CC/C=C\C/C=C\C/C=C\C/C=C\C/C=C\C/C=C\CCCCCCCCCCCCCCCCCCCCC(=O)OC(COC(=O)CCCCCCCCCCCCCCCC/C=C\C/C=C\C/C=C\C/C=C\C/C=C\C/C=C\CC)COP(=O)(O)OCCN. The third kappa shape index (κ3) is 74.8. The van der Waals surface area contributed by atoms with Crippen LogP contribution in [0.3, 0.4) is 0 Å². The van der Waals surface area contributed by atoms with E-state index in [1.54, 1.807) is 0 Å². The molecule has 0 radical (unpaired) electrons. The largest absolute Gasteiger partial charge is 0.472 e. The maximum atomic E-state index is 12.8. The number of hydrogen-bond acceptors (Lipinski definition) is 8. The number of esters is 2.